The van der Waals surface area contributed by atoms with Gasteiger partial charge in [0.25, 0.3) is 5.91 Å². The van der Waals surface area contributed by atoms with Gasteiger partial charge in [-0.2, -0.15) is 0 Å². The lowest BCUT2D eigenvalue weighted by atomic mass is 10.1. The lowest BCUT2D eigenvalue weighted by molar-refractivity contribution is -0.139. The van der Waals surface area contributed by atoms with Gasteiger partial charge in [-0.05, 0) is 43.7 Å². The van der Waals surface area contributed by atoms with Crippen LogP contribution < -0.4 is 10.5 Å². The highest BCUT2D eigenvalue weighted by Gasteiger charge is 2.32. The van der Waals surface area contributed by atoms with Crippen LogP contribution in [0.2, 0.25) is 0 Å². The average molecular weight is 415 g/mol. The molecular formula is C22H26FN3O4. The Hall–Kier alpha value is -3.13. The summed E-state index contributed by atoms with van der Waals surface area (Å²) in [5.41, 5.74) is 6.94. The number of halogens is 1. The molecule has 3 rings (SSSR count). The second-order valence-electron chi connectivity index (χ2n) is 7.62. The number of carboxylic acids is 1. The Morgan fingerprint density at radius 3 is 2.50 bits per heavy atom. The molecule has 0 saturated carbocycles. The van der Waals surface area contributed by atoms with E-state index >= 15 is 0 Å². The lowest BCUT2D eigenvalue weighted by Gasteiger charge is -2.44. The number of piperazine rings is 1. The van der Waals surface area contributed by atoms with Crippen molar-refractivity contribution in [2.45, 2.75) is 32.5 Å². The van der Waals surface area contributed by atoms with Gasteiger partial charge in [0.1, 0.15) is 11.4 Å². The molecule has 1 amide bonds. The number of hydrogen-bond donors (Lipinski definition) is 2. The number of aromatic carboxylic acids is 1. The normalized spacial score (nSPS) is 19.5. The minimum atomic E-state index is -1.17. The number of para-hydroxylation sites is 1. The number of hydrogen-bond acceptors (Lipinski definition) is 5. The smallest absolute Gasteiger partial charge is 0.339 e. The lowest BCUT2D eigenvalue weighted by Crippen LogP contribution is -2.58. The molecule has 1 saturated heterocycles. The third kappa shape index (κ3) is 4.88. The Balaban J connectivity index is 1.62. The number of benzene rings is 2. The molecule has 7 nitrogen and oxygen atoms in total. The molecule has 0 radical (unpaired) electrons. The highest BCUT2D eigenvalue weighted by atomic mass is 19.1. The molecular weight excluding hydrogens is 389 g/mol. The summed E-state index contributed by atoms with van der Waals surface area (Å²) >= 11 is 0. The number of nitrogen functional groups attached to an aromatic ring is 1. The van der Waals surface area contributed by atoms with E-state index in [0.717, 1.165) is 5.56 Å². The molecule has 1 aliphatic rings. The molecule has 2 aromatic rings. The van der Waals surface area contributed by atoms with Gasteiger partial charge in [-0.3, -0.25) is 9.69 Å². The molecule has 1 heterocycles. The molecule has 2 aromatic carbocycles. The molecule has 1 aliphatic heterocycles. The Bertz CT molecular complexity index is 919. The van der Waals surface area contributed by atoms with E-state index in [1.807, 2.05) is 13.8 Å². The molecule has 0 bridgehead atoms. The summed E-state index contributed by atoms with van der Waals surface area (Å²) in [6.45, 7) is 5.56. The van der Waals surface area contributed by atoms with Gasteiger partial charge in [0.2, 0.25) is 0 Å². The number of rotatable bonds is 6. The third-order valence-electron chi connectivity index (χ3n) is 5.35. The van der Waals surface area contributed by atoms with Crippen molar-refractivity contribution in [3.05, 3.63) is 59.4 Å². The first-order valence-electron chi connectivity index (χ1n) is 9.78. The summed E-state index contributed by atoms with van der Waals surface area (Å²) in [5.74, 6) is -1.65. The fourth-order valence-electron chi connectivity index (χ4n) is 3.69. The van der Waals surface area contributed by atoms with Crippen LogP contribution in [0.3, 0.4) is 0 Å². The minimum absolute atomic E-state index is 0.00833. The third-order valence-corrected chi connectivity index (χ3v) is 5.35. The van der Waals surface area contributed by atoms with E-state index in [9.17, 15) is 19.1 Å². The largest absolute Gasteiger partial charge is 0.481 e. The van der Waals surface area contributed by atoms with Crippen LogP contribution in [-0.4, -0.2) is 58.6 Å². The van der Waals surface area contributed by atoms with Crippen LogP contribution in [-0.2, 0) is 11.3 Å². The van der Waals surface area contributed by atoms with Crippen LogP contribution in [0.5, 0.6) is 5.75 Å². The van der Waals surface area contributed by atoms with Crippen molar-refractivity contribution in [2.75, 3.05) is 25.4 Å². The number of nitrogens with two attached hydrogens (primary N) is 1. The highest BCUT2D eigenvalue weighted by Crippen LogP contribution is 2.27. The summed E-state index contributed by atoms with van der Waals surface area (Å²) in [5, 5.41) is 9.29. The molecule has 8 heteroatoms. The number of nitrogens with zero attached hydrogens (tertiary/aromatic N) is 2. The van der Waals surface area contributed by atoms with Crippen molar-refractivity contribution in [1.82, 2.24) is 9.80 Å². The van der Waals surface area contributed by atoms with E-state index in [0.29, 0.717) is 19.6 Å². The van der Waals surface area contributed by atoms with Gasteiger partial charge in [-0.15, -0.1) is 0 Å². The molecule has 0 unspecified atom stereocenters. The molecule has 0 aliphatic carbocycles. The minimum Gasteiger partial charge on any atom is -0.481 e. The van der Waals surface area contributed by atoms with Crippen LogP contribution in [0, 0.1) is 5.82 Å². The molecule has 160 valence electrons. The van der Waals surface area contributed by atoms with Crippen molar-refractivity contribution < 1.29 is 23.8 Å². The maximum Gasteiger partial charge on any atom is 0.339 e. The predicted octanol–water partition coefficient (Wildman–Crippen LogP) is 2.61. The first-order valence-corrected chi connectivity index (χ1v) is 9.78. The zero-order valence-corrected chi connectivity index (χ0v) is 17.0. The SMILES string of the molecule is C[C@@H]1CN(C(=O)COc2c(N)cccc2C(=O)O)[C@@H](C)CN1Cc1ccc(F)cc1. The quantitative estimate of drug-likeness (QED) is 0.704. The Morgan fingerprint density at radius 2 is 1.83 bits per heavy atom. The van der Waals surface area contributed by atoms with Gasteiger partial charge in [0.05, 0.1) is 5.69 Å². The monoisotopic (exact) mass is 415 g/mol. The number of carboxylic acid groups (broad SMARTS) is 1. The van der Waals surface area contributed by atoms with Crippen LogP contribution in [0.1, 0.15) is 29.8 Å². The molecule has 0 spiro atoms. The standard InChI is InChI=1S/C22H26FN3O4/c1-14-11-26(15(2)10-25(14)12-16-6-8-17(23)9-7-16)20(27)13-30-21-18(22(28)29)4-3-5-19(21)24/h3-9,14-15H,10-13,24H2,1-2H3,(H,28,29)/t14-,15+/m1/s1. The van der Waals surface area contributed by atoms with Crippen LogP contribution in [0.15, 0.2) is 42.5 Å². The Kier molecular flexibility index (Phi) is 6.56. The number of amides is 1. The maximum absolute atomic E-state index is 13.1. The van der Waals surface area contributed by atoms with Crippen molar-refractivity contribution in [2.24, 2.45) is 0 Å². The van der Waals surface area contributed by atoms with Gasteiger partial charge in [0, 0.05) is 31.7 Å². The van der Waals surface area contributed by atoms with Crippen LogP contribution >= 0.6 is 0 Å². The van der Waals surface area contributed by atoms with Gasteiger partial charge in [-0.1, -0.05) is 18.2 Å². The number of ether oxygens (including phenoxy) is 1. The average Bonchev–Trinajstić information content (AvgIpc) is 2.70. The van der Waals surface area contributed by atoms with Gasteiger partial charge in [-0.25, -0.2) is 9.18 Å². The topological polar surface area (TPSA) is 96.1 Å². The first-order chi connectivity index (χ1) is 14.3. The molecule has 30 heavy (non-hydrogen) atoms. The summed E-state index contributed by atoms with van der Waals surface area (Å²) in [4.78, 5) is 28.1. The van der Waals surface area contributed by atoms with Crippen molar-refractivity contribution in [3.8, 4) is 5.75 Å². The Morgan fingerprint density at radius 1 is 1.13 bits per heavy atom. The fraction of sp³-hybridized carbons (Fsp3) is 0.364. The number of carbonyl (C=O) groups excluding carboxylic acids is 1. The van der Waals surface area contributed by atoms with Crippen molar-refractivity contribution in [1.29, 1.82) is 0 Å². The maximum atomic E-state index is 13.1. The van der Waals surface area contributed by atoms with E-state index in [2.05, 4.69) is 4.90 Å². The number of carbonyl (C=O) groups is 2. The second kappa shape index (κ2) is 9.13. The highest BCUT2D eigenvalue weighted by molar-refractivity contribution is 5.93. The summed E-state index contributed by atoms with van der Waals surface area (Å²) in [6, 6.07) is 10.9. The zero-order chi connectivity index (χ0) is 21.8. The van der Waals surface area contributed by atoms with E-state index in [1.165, 1.54) is 30.3 Å². The predicted molar refractivity (Wildman–Crippen MR) is 111 cm³/mol. The summed E-state index contributed by atoms with van der Waals surface area (Å²) in [7, 11) is 0. The number of anilines is 1. The second-order valence-corrected chi connectivity index (χ2v) is 7.62. The molecule has 0 aromatic heterocycles. The molecule has 1 fully saturated rings. The van der Waals surface area contributed by atoms with E-state index < -0.39 is 5.97 Å². The Labute approximate surface area is 174 Å². The van der Waals surface area contributed by atoms with E-state index in [-0.39, 0.29) is 47.4 Å². The fourth-order valence-corrected chi connectivity index (χ4v) is 3.69. The van der Waals surface area contributed by atoms with Gasteiger partial charge >= 0.3 is 5.97 Å². The summed E-state index contributed by atoms with van der Waals surface area (Å²) < 4.78 is 18.6. The van der Waals surface area contributed by atoms with Gasteiger partial charge in [0.15, 0.2) is 12.4 Å². The van der Waals surface area contributed by atoms with Crippen molar-refractivity contribution >= 4 is 17.6 Å². The zero-order valence-electron chi connectivity index (χ0n) is 17.0. The molecule has 2 atom stereocenters. The first kappa shape index (κ1) is 21.6. The van der Waals surface area contributed by atoms with Crippen molar-refractivity contribution in [3.63, 3.8) is 0 Å². The van der Waals surface area contributed by atoms with Crippen LogP contribution in [0.25, 0.3) is 0 Å². The summed E-state index contributed by atoms with van der Waals surface area (Å²) in [6.07, 6.45) is 0. The molecule has 3 N–H and O–H groups in total. The van der Waals surface area contributed by atoms with E-state index in [1.54, 1.807) is 17.0 Å². The van der Waals surface area contributed by atoms with E-state index in [4.69, 9.17) is 10.5 Å². The van der Waals surface area contributed by atoms with Crippen LogP contribution in [0.4, 0.5) is 10.1 Å². The van der Waals surface area contributed by atoms with Gasteiger partial charge < -0.3 is 20.5 Å².